The highest BCUT2D eigenvalue weighted by Gasteiger charge is 2.16. The molecule has 4 heteroatoms. The zero-order valence-corrected chi connectivity index (χ0v) is 13.3. The van der Waals surface area contributed by atoms with E-state index in [0.29, 0.717) is 0 Å². The van der Waals surface area contributed by atoms with Crippen LogP contribution in [0.15, 0.2) is 23.0 Å². The van der Waals surface area contributed by atoms with Gasteiger partial charge in [-0.3, -0.25) is 9.13 Å². The lowest BCUT2D eigenvalue weighted by molar-refractivity contribution is 0.212. The Bertz CT molecular complexity index is 690. The van der Waals surface area contributed by atoms with E-state index in [4.69, 9.17) is 0 Å². The SMILES string of the molecule is CN1CCC(CCc2ccc3c(c2)n(C)c(=O)n3C)CC1. The number of aromatic nitrogens is 2. The average Bonchev–Trinajstić information content (AvgIpc) is 2.71. The molecule has 0 atom stereocenters. The Hall–Kier alpha value is -1.55. The molecule has 21 heavy (non-hydrogen) atoms. The third-order valence-electron chi connectivity index (χ3n) is 5.02. The summed E-state index contributed by atoms with van der Waals surface area (Å²) in [5, 5.41) is 0. The highest BCUT2D eigenvalue weighted by molar-refractivity contribution is 5.76. The van der Waals surface area contributed by atoms with Crippen LogP contribution in [0.4, 0.5) is 0 Å². The van der Waals surface area contributed by atoms with Crippen LogP contribution >= 0.6 is 0 Å². The van der Waals surface area contributed by atoms with Gasteiger partial charge in [0.05, 0.1) is 11.0 Å². The van der Waals surface area contributed by atoms with E-state index in [1.165, 1.54) is 37.9 Å². The maximum atomic E-state index is 12.0. The second-order valence-corrected chi connectivity index (χ2v) is 6.51. The van der Waals surface area contributed by atoms with Crippen molar-refractivity contribution in [3.63, 3.8) is 0 Å². The van der Waals surface area contributed by atoms with Crippen LogP contribution in [0.5, 0.6) is 0 Å². The molecule has 1 saturated heterocycles. The fourth-order valence-corrected chi connectivity index (χ4v) is 3.43. The summed E-state index contributed by atoms with van der Waals surface area (Å²) in [5.41, 5.74) is 3.47. The highest BCUT2D eigenvalue weighted by atomic mass is 16.1. The Labute approximate surface area is 126 Å². The summed E-state index contributed by atoms with van der Waals surface area (Å²) in [4.78, 5) is 14.4. The first kappa shape index (κ1) is 14.4. The van der Waals surface area contributed by atoms with Crippen LogP contribution < -0.4 is 5.69 Å². The van der Waals surface area contributed by atoms with E-state index in [1.54, 1.807) is 9.13 Å². The van der Waals surface area contributed by atoms with Gasteiger partial charge >= 0.3 is 5.69 Å². The van der Waals surface area contributed by atoms with Gasteiger partial charge < -0.3 is 4.90 Å². The fraction of sp³-hybridized carbons (Fsp3) is 0.588. The standard InChI is InChI=1S/C17H25N3O/c1-18-10-8-13(9-11-18)4-5-14-6-7-15-16(12-14)20(3)17(21)19(15)2/h6-7,12-13H,4-5,8-11H2,1-3H3. The number of fused-ring (bicyclic) bond motifs is 1. The topological polar surface area (TPSA) is 30.2 Å². The molecule has 1 aromatic heterocycles. The van der Waals surface area contributed by atoms with E-state index in [2.05, 4.69) is 30.1 Å². The van der Waals surface area contributed by atoms with E-state index in [1.807, 2.05) is 14.1 Å². The molecule has 0 bridgehead atoms. The van der Waals surface area contributed by atoms with Crippen molar-refractivity contribution in [3.8, 4) is 0 Å². The van der Waals surface area contributed by atoms with E-state index in [-0.39, 0.29) is 5.69 Å². The van der Waals surface area contributed by atoms with Gasteiger partial charge in [0.25, 0.3) is 0 Å². The molecule has 0 unspecified atom stereocenters. The molecule has 0 aliphatic carbocycles. The Morgan fingerprint density at radius 3 is 2.43 bits per heavy atom. The Balaban J connectivity index is 1.73. The molecule has 2 aromatic rings. The molecule has 1 fully saturated rings. The maximum absolute atomic E-state index is 12.0. The molecule has 0 amide bonds. The number of piperidine rings is 1. The largest absolute Gasteiger partial charge is 0.328 e. The molecule has 0 N–H and O–H groups in total. The van der Waals surface area contributed by atoms with Gasteiger partial charge in [0.15, 0.2) is 0 Å². The average molecular weight is 287 g/mol. The zero-order chi connectivity index (χ0) is 15.0. The van der Waals surface area contributed by atoms with Crippen molar-refractivity contribution in [2.45, 2.75) is 25.7 Å². The van der Waals surface area contributed by atoms with E-state index in [9.17, 15) is 4.79 Å². The van der Waals surface area contributed by atoms with Crippen LogP contribution in [-0.4, -0.2) is 34.2 Å². The monoisotopic (exact) mass is 287 g/mol. The van der Waals surface area contributed by atoms with Gasteiger partial charge in [0, 0.05) is 14.1 Å². The zero-order valence-electron chi connectivity index (χ0n) is 13.3. The lowest BCUT2D eigenvalue weighted by Crippen LogP contribution is -2.30. The normalized spacial score (nSPS) is 17.7. The molecular formula is C17H25N3O. The summed E-state index contributed by atoms with van der Waals surface area (Å²) in [7, 11) is 5.90. The van der Waals surface area contributed by atoms with E-state index < -0.39 is 0 Å². The quantitative estimate of drug-likeness (QED) is 0.866. The third kappa shape index (κ3) is 2.77. The maximum Gasteiger partial charge on any atom is 0.328 e. The van der Waals surface area contributed by atoms with Crippen LogP contribution in [0, 0.1) is 5.92 Å². The predicted octanol–water partition coefficient (Wildman–Crippen LogP) is 2.15. The lowest BCUT2D eigenvalue weighted by atomic mass is 9.91. The van der Waals surface area contributed by atoms with Gasteiger partial charge in [0.1, 0.15) is 0 Å². The van der Waals surface area contributed by atoms with Crippen molar-refractivity contribution in [1.29, 1.82) is 0 Å². The number of benzene rings is 1. The van der Waals surface area contributed by atoms with Gasteiger partial charge in [-0.2, -0.15) is 0 Å². The van der Waals surface area contributed by atoms with Gasteiger partial charge in [-0.15, -0.1) is 0 Å². The van der Waals surface area contributed by atoms with E-state index in [0.717, 1.165) is 23.4 Å². The molecule has 1 aliphatic heterocycles. The molecule has 0 saturated carbocycles. The summed E-state index contributed by atoms with van der Waals surface area (Å²) in [6.45, 7) is 2.47. The van der Waals surface area contributed by atoms with Crippen LogP contribution in [0.3, 0.4) is 0 Å². The van der Waals surface area contributed by atoms with Crippen LogP contribution in [0.2, 0.25) is 0 Å². The van der Waals surface area contributed by atoms with Crippen molar-refractivity contribution < 1.29 is 0 Å². The van der Waals surface area contributed by atoms with E-state index >= 15 is 0 Å². The van der Waals surface area contributed by atoms with Gasteiger partial charge in [-0.05, 0) is 69.4 Å². The van der Waals surface area contributed by atoms with Crippen LogP contribution in [0.1, 0.15) is 24.8 Å². The summed E-state index contributed by atoms with van der Waals surface area (Å²) in [5.74, 6) is 0.858. The Morgan fingerprint density at radius 1 is 1.05 bits per heavy atom. The number of aryl methyl sites for hydroxylation is 3. The molecule has 4 nitrogen and oxygen atoms in total. The number of imidazole rings is 1. The smallest absolute Gasteiger partial charge is 0.306 e. The minimum atomic E-state index is 0.0532. The molecule has 0 spiro atoms. The second-order valence-electron chi connectivity index (χ2n) is 6.51. The molecule has 1 aliphatic rings. The number of hydrogen-bond donors (Lipinski definition) is 0. The molecule has 1 aromatic carbocycles. The summed E-state index contributed by atoms with van der Waals surface area (Å²) < 4.78 is 3.46. The van der Waals surface area contributed by atoms with Gasteiger partial charge in [-0.1, -0.05) is 6.07 Å². The van der Waals surface area contributed by atoms with Crippen molar-refractivity contribution in [3.05, 3.63) is 34.2 Å². The van der Waals surface area contributed by atoms with Gasteiger partial charge in [-0.25, -0.2) is 4.79 Å². The summed E-state index contributed by atoms with van der Waals surface area (Å²) >= 11 is 0. The Kier molecular flexibility index (Phi) is 3.89. The van der Waals surface area contributed by atoms with Crippen molar-refractivity contribution in [2.75, 3.05) is 20.1 Å². The summed E-state index contributed by atoms with van der Waals surface area (Å²) in [6.07, 6.45) is 5.03. The first-order chi connectivity index (χ1) is 10.1. The van der Waals surface area contributed by atoms with Gasteiger partial charge in [0.2, 0.25) is 0 Å². The molecule has 114 valence electrons. The predicted molar refractivity (Wildman–Crippen MR) is 86.7 cm³/mol. The van der Waals surface area contributed by atoms with Crippen molar-refractivity contribution >= 4 is 11.0 Å². The molecular weight excluding hydrogens is 262 g/mol. The highest BCUT2D eigenvalue weighted by Crippen LogP contribution is 2.23. The Morgan fingerprint density at radius 2 is 1.71 bits per heavy atom. The molecule has 2 heterocycles. The molecule has 3 rings (SSSR count). The number of hydrogen-bond acceptors (Lipinski definition) is 2. The number of rotatable bonds is 3. The second kappa shape index (κ2) is 5.68. The third-order valence-corrected chi connectivity index (χ3v) is 5.02. The fourth-order valence-electron chi connectivity index (χ4n) is 3.43. The van der Waals surface area contributed by atoms with Crippen LogP contribution in [0.25, 0.3) is 11.0 Å². The van der Waals surface area contributed by atoms with Crippen molar-refractivity contribution in [2.24, 2.45) is 20.0 Å². The first-order valence-electron chi connectivity index (χ1n) is 7.89. The lowest BCUT2D eigenvalue weighted by Gasteiger charge is -2.28. The van der Waals surface area contributed by atoms with Crippen molar-refractivity contribution in [1.82, 2.24) is 14.0 Å². The molecule has 0 radical (unpaired) electrons. The first-order valence-corrected chi connectivity index (χ1v) is 7.89. The number of likely N-dealkylation sites (tertiary alicyclic amines) is 1. The number of nitrogens with zero attached hydrogens (tertiary/aromatic N) is 3. The minimum absolute atomic E-state index is 0.0532. The minimum Gasteiger partial charge on any atom is -0.306 e. The van der Waals surface area contributed by atoms with Crippen LogP contribution in [-0.2, 0) is 20.5 Å². The summed E-state index contributed by atoms with van der Waals surface area (Å²) in [6, 6.07) is 6.45.